The number of hydrogen-bond donors (Lipinski definition) is 1. The van der Waals surface area contributed by atoms with Gasteiger partial charge in [-0.2, -0.15) is 0 Å². The van der Waals surface area contributed by atoms with Crippen LogP contribution in [0.5, 0.6) is 23.0 Å². The zero-order valence-corrected chi connectivity index (χ0v) is 12.5. The average molecular weight is 287 g/mol. The first-order valence-corrected chi connectivity index (χ1v) is 7.16. The minimum Gasteiger partial charge on any atom is -0.494 e. The Morgan fingerprint density at radius 1 is 0.905 bits per heavy atom. The van der Waals surface area contributed by atoms with E-state index in [4.69, 9.17) is 19.9 Å². The number of nitrogen functional groups attached to an aromatic ring is 1. The fourth-order valence-electron chi connectivity index (χ4n) is 1.90. The Bertz CT molecular complexity index is 584. The van der Waals surface area contributed by atoms with E-state index in [2.05, 4.69) is 6.92 Å². The van der Waals surface area contributed by atoms with Crippen molar-refractivity contribution in [1.82, 2.24) is 0 Å². The lowest BCUT2D eigenvalue weighted by atomic mass is 10.2. The van der Waals surface area contributed by atoms with E-state index < -0.39 is 0 Å². The molecule has 4 nitrogen and oxygen atoms in total. The molecule has 2 N–H and O–H groups in total. The first kappa shape index (κ1) is 15.0. The summed E-state index contributed by atoms with van der Waals surface area (Å²) in [6.07, 6.45) is 0.946. The summed E-state index contributed by atoms with van der Waals surface area (Å²) in [5.74, 6) is 2.71. The van der Waals surface area contributed by atoms with Crippen molar-refractivity contribution in [3.05, 3.63) is 42.5 Å². The molecule has 0 fully saturated rings. The van der Waals surface area contributed by atoms with Crippen molar-refractivity contribution in [3.63, 3.8) is 0 Å². The molecule has 2 aromatic carbocycles. The molecule has 0 saturated carbocycles. The van der Waals surface area contributed by atoms with Crippen LogP contribution in [0.1, 0.15) is 20.3 Å². The summed E-state index contributed by atoms with van der Waals surface area (Å²) in [5, 5.41) is 0. The smallest absolute Gasteiger partial charge is 0.169 e. The van der Waals surface area contributed by atoms with Crippen molar-refractivity contribution in [2.45, 2.75) is 20.3 Å². The average Bonchev–Trinajstić information content (AvgIpc) is 2.46. The Hall–Kier alpha value is -2.36. The number of para-hydroxylation sites is 2. The Balaban J connectivity index is 2.21. The SMILES string of the molecule is CCCOc1ccccc1Oc1cc(N)cc(OCC)c1. The number of benzene rings is 2. The van der Waals surface area contributed by atoms with Gasteiger partial charge in [0.2, 0.25) is 0 Å². The number of rotatable bonds is 7. The minimum atomic E-state index is 0.582. The molecule has 0 atom stereocenters. The van der Waals surface area contributed by atoms with Gasteiger partial charge in [0.15, 0.2) is 11.5 Å². The van der Waals surface area contributed by atoms with Gasteiger partial charge in [-0.05, 0) is 25.5 Å². The second-order valence-corrected chi connectivity index (χ2v) is 4.57. The monoisotopic (exact) mass is 287 g/mol. The highest BCUT2D eigenvalue weighted by Gasteiger charge is 2.07. The highest BCUT2D eigenvalue weighted by Crippen LogP contribution is 2.34. The second-order valence-electron chi connectivity index (χ2n) is 4.57. The van der Waals surface area contributed by atoms with Gasteiger partial charge >= 0.3 is 0 Å². The summed E-state index contributed by atoms with van der Waals surface area (Å²) in [6.45, 7) is 5.23. The summed E-state index contributed by atoms with van der Waals surface area (Å²) < 4.78 is 17.0. The molecule has 0 radical (unpaired) electrons. The molecular formula is C17H21NO3. The van der Waals surface area contributed by atoms with E-state index in [0.717, 1.165) is 12.2 Å². The lowest BCUT2D eigenvalue weighted by Gasteiger charge is -2.13. The quantitative estimate of drug-likeness (QED) is 0.773. The number of ether oxygens (including phenoxy) is 3. The van der Waals surface area contributed by atoms with Gasteiger partial charge in [-0.3, -0.25) is 0 Å². The zero-order valence-electron chi connectivity index (χ0n) is 12.5. The van der Waals surface area contributed by atoms with Crippen LogP contribution in [0.15, 0.2) is 42.5 Å². The molecule has 0 saturated heterocycles. The summed E-state index contributed by atoms with van der Waals surface area (Å²) >= 11 is 0. The first-order valence-electron chi connectivity index (χ1n) is 7.16. The van der Waals surface area contributed by atoms with Crippen LogP contribution in [0.3, 0.4) is 0 Å². The maximum Gasteiger partial charge on any atom is 0.169 e. The summed E-state index contributed by atoms with van der Waals surface area (Å²) in [6, 6.07) is 12.9. The summed E-state index contributed by atoms with van der Waals surface area (Å²) in [4.78, 5) is 0. The number of hydrogen-bond acceptors (Lipinski definition) is 4. The van der Waals surface area contributed by atoms with E-state index in [0.29, 0.717) is 36.1 Å². The highest BCUT2D eigenvalue weighted by molar-refractivity contribution is 5.52. The van der Waals surface area contributed by atoms with Crippen LogP contribution in [0.2, 0.25) is 0 Å². The normalized spacial score (nSPS) is 10.2. The third kappa shape index (κ3) is 4.31. The zero-order chi connectivity index (χ0) is 15.1. The van der Waals surface area contributed by atoms with Crippen molar-refractivity contribution in [2.75, 3.05) is 18.9 Å². The summed E-state index contributed by atoms with van der Waals surface area (Å²) in [7, 11) is 0. The molecule has 0 spiro atoms. The number of nitrogens with two attached hydrogens (primary N) is 1. The molecule has 0 unspecified atom stereocenters. The lowest BCUT2D eigenvalue weighted by Crippen LogP contribution is -1.98. The fourth-order valence-corrected chi connectivity index (χ4v) is 1.90. The van der Waals surface area contributed by atoms with Gasteiger partial charge in [-0.15, -0.1) is 0 Å². The van der Waals surface area contributed by atoms with Crippen molar-refractivity contribution in [3.8, 4) is 23.0 Å². The third-order valence-corrected chi connectivity index (χ3v) is 2.75. The first-order chi connectivity index (χ1) is 10.2. The van der Waals surface area contributed by atoms with E-state index >= 15 is 0 Å². The van der Waals surface area contributed by atoms with Crippen LogP contribution < -0.4 is 19.9 Å². The van der Waals surface area contributed by atoms with Gasteiger partial charge in [0.05, 0.1) is 13.2 Å². The van der Waals surface area contributed by atoms with Crippen LogP contribution in [-0.2, 0) is 0 Å². The minimum absolute atomic E-state index is 0.582. The van der Waals surface area contributed by atoms with Crippen LogP contribution in [0.4, 0.5) is 5.69 Å². The van der Waals surface area contributed by atoms with Crippen molar-refractivity contribution in [2.24, 2.45) is 0 Å². The van der Waals surface area contributed by atoms with E-state index in [9.17, 15) is 0 Å². The Morgan fingerprint density at radius 3 is 2.33 bits per heavy atom. The molecule has 0 aliphatic heterocycles. The Kier molecular flexibility index (Phi) is 5.32. The van der Waals surface area contributed by atoms with Gasteiger partial charge in [0.25, 0.3) is 0 Å². The molecule has 4 heteroatoms. The molecule has 0 heterocycles. The van der Waals surface area contributed by atoms with Crippen molar-refractivity contribution in [1.29, 1.82) is 0 Å². The molecule has 112 valence electrons. The second kappa shape index (κ2) is 7.43. The van der Waals surface area contributed by atoms with Gasteiger partial charge in [0, 0.05) is 23.9 Å². The van der Waals surface area contributed by atoms with Gasteiger partial charge in [0.1, 0.15) is 11.5 Å². The van der Waals surface area contributed by atoms with Gasteiger partial charge in [-0.1, -0.05) is 19.1 Å². The van der Waals surface area contributed by atoms with Crippen molar-refractivity contribution < 1.29 is 14.2 Å². The van der Waals surface area contributed by atoms with Crippen LogP contribution in [0.25, 0.3) is 0 Å². The molecular weight excluding hydrogens is 266 g/mol. The molecule has 21 heavy (non-hydrogen) atoms. The number of anilines is 1. The Labute approximate surface area is 125 Å². The largest absolute Gasteiger partial charge is 0.494 e. The molecule has 0 amide bonds. The van der Waals surface area contributed by atoms with E-state index in [1.807, 2.05) is 37.3 Å². The van der Waals surface area contributed by atoms with Crippen LogP contribution in [0, 0.1) is 0 Å². The standard InChI is InChI=1S/C17H21NO3/c1-3-9-20-16-7-5-6-8-17(16)21-15-11-13(18)10-14(12-15)19-4-2/h5-8,10-12H,3-4,9,18H2,1-2H3. The van der Waals surface area contributed by atoms with E-state index in [-0.39, 0.29) is 0 Å². The van der Waals surface area contributed by atoms with Crippen LogP contribution in [-0.4, -0.2) is 13.2 Å². The topological polar surface area (TPSA) is 53.7 Å². The predicted molar refractivity (Wildman–Crippen MR) is 84.3 cm³/mol. The predicted octanol–water partition coefficient (Wildman–Crippen LogP) is 4.25. The molecule has 2 aromatic rings. The lowest BCUT2D eigenvalue weighted by molar-refractivity contribution is 0.301. The van der Waals surface area contributed by atoms with Crippen LogP contribution >= 0.6 is 0 Å². The van der Waals surface area contributed by atoms with E-state index in [1.165, 1.54) is 0 Å². The molecule has 0 aliphatic carbocycles. The van der Waals surface area contributed by atoms with Gasteiger partial charge in [-0.25, -0.2) is 0 Å². The van der Waals surface area contributed by atoms with Crippen molar-refractivity contribution >= 4 is 5.69 Å². The Morgan fingerprint density at radius 2 is 1.62 bits per heavy atom. The maximum atomic E-state index is 5.89. The highest BCUT2D eigenvalue weighted by atomic mass is 16.5. The molecule has 0 aliphatic rings. The maximum absolute atomic E-state index is 5.89. The molecule has 0 aromatic heterocycles. The summed E-state index contributed by atoms with van der Waals surface area (Å²) in [5.41, 5.74) is 6.47. The van der Waals surface area contributed by atoms with E-state index in [1.54, 1.807) is 12.1 Å². The molecule has 2 rings (SSSR count). The molecule has 0 bridgehead atoms. The van der Waals surface area contributed by atoms with Gasteiger partial charge < -0.3 is 19.9 Å². The third-order valence-electron chi connectivity index (χ3n) is 2.75. The fraction of sp³-hybridized carbons (Fsp3) is 0.294.